The third-order valence-corrected chi connectivity index (χ3v) is 11.5. The zero-order valence-corrected chi connectivity index (χ0v) is 31.8. The Bertz CT molecular complexity index is 3100. The van der Waals surface area contributed by atoms with Crippen molar-refractivity contribution in [3.05, 3.63) is 199 Å². The number of nitrogens with zero attached hydrogens (tertiary/aromatic N) is 2. The molecule has 0 aliphatic heterocycles. The SMILES string of the molecule is C=Cc1c(/C=C\C)c2ccc(N(c3ccccc3)c3ccc4c5ccccc5n(-c5ccc(C6=CC(C)CC=C6)c6ccccc56)c4c3)cc2c2ccccc12. The lowest BCUT2D eigenvalue weighted by molar-refractivity contribution is 0.740. The van der Waals surface area contributed by atoms with Crippen LogP contribution in [0.4, 0.5) is 17.1 Å². The molecule has 8 aromatic carbocycles. The minimum atomic E-state index is 0.526. The maximum atomic E-state index is 4.22. The lowest BCUT2D eigenvalue weighted by Crippen LogP contribution is -2.10. The van der Waals surface area contributed by atoms with Crippen LogP contribution in [0.15, 0.2) is 183 Å². The first-order chi connectivity index (χ1) is 27.6. The number of hydrogen-bond donors (Lipinski definition) is 0. The molecule has 268 valence electrons. The van der Waals surface area contributed by atoms with Crippen molar-refractivity contribution in [1.82, 2.24) is 4.57 Å². The zero-order chi connectivity index (χ0) is 37.8. The second-order valence-electron chi connectivity index (χ2n) is 14.9. The van der Waals surface area contributed by atoms with Crippen LogP contribution in [0.1, 0.15) is 37.0 Å². The smallest absolute Gasteiger partial charge is 0.0562 e. The quantitative estimate of drug-likeness (QED) is 0.149. The Labute approximate surface area is 328 Å². The summed E-state index contributed by atoms with van der Waals surface area (Å²) in [5.41, 5.74) is 11.8. The Balaban J connectivity index is 1.23. The predicted molar refractivity (Wildman–Crippen MR) is 244 cm³/mol. The molecule has 0 radical (unpaired) electrons. The molecule has 0 fully saturated rings. The van der Waals surface area contributed by atoms with Gasteiger partial charge in [0.2, 0.25) is 0 Å². The summed E-state index contributed by atoms with van der Waals surface area (Å²) in [6.07, 6.45) is 14.4. The summed E-state index contributed by atoms with van der Waals surface area (Å²) in [6, 6.07) is 55.7. The van der Waals surface area contributed by atoms with E-state index in [0.29, 0.717) is 5.92 Å². The molecule has 2 heteroatoms. The van der Waals surface area contributed by atoms with Gasteiger partial charge in [-0.15, -0.1) is 0 Å². The fraction of sp³-hybridized carbons (Fsp3) is 0.0741. The lowest BCUT2D eigenvalue weighted by atomic mass is 9.90. The maximum Gasteiger partial charge on any atom is 0.0562 e. The van der Waals surface area contributed by atoms with Crippen molar-refractivity contribution in [3.63, 3.8) is 0 Å². The number of para-hydroxylation sites is 2. The number of hydrogen-bond acceptors (Lipinski definition) is 1. The van der Waals surface area contributed by atoms with Crippen LogP contribution in [0.5, 0.6) is 0 Å². The minimum absolute atomic E-state index is 0.526. The van der Waals surface area contributed by atoms with E-state index >= 15 is 0 Å². The molecule has 2 nitrogen and oxygen atoms in total. The second-order valence-corrected chi connectivity index (χ2v) is 14.9. The van der Waals surface area contributed by atoms with Gasteiger partial charge in [-0.25, -0.2) is 0 Å². The summed E-state index contributed by atoms with van der Waals surface area (Å²) in [7, 11) is 0. The van der Waals surface area contributed by atoms with E-state index in [0.717, 1.165) is 23.5 Å². The first-order valence-corrected chi connectivity index (χ1v) is 19.7. The average Bonchev–Trinajstić information content (AvgIpc) is 3.57. The molecule has 56 heavy (non-hydrogen) atoms. The Kier molecular flexibility index (Phi) is 8.26. The Hall–Kier alpha value is -6.90. The minimum Gasteiger partial charge on any atom is -0.310 e. The average molecular weight is 719 g/mol. The number of fused-ring (bicyclic) bond motifs is 7. The second kappa shape index (κ2) is 13.7. The topological polar surface area (TPSA) is 8.17 Å². The lowest BCUT2D eigenvalue weighted by Gasteiger charge is -2.27. The van der Waals surface area contributed by atoms with Crippen LogP contribution in [-0.4, -0.2) is 4.57 Å². The first kappa shape index (κ1) is 33.7. The highest BCUT2D eigenvalue weighted by molar-refractivity contribution is 6.16. The van der Waals surface area contributed by atoms with Gasteiger partial charge in [0.1, 0.15) is 0 Å². The van der Waals surface area contributed by atoms with Gasteiger partial charge in [0.05, 0.1) is 16.7 Å². The summed E-state index contributed by atoms with van der Waals surface area (Å²) < 4.78 is 2.48. The van der Waals surface area contributed by atoms with E-state index in [1.165, 1.54) is 82.1 Å². The van der Waals surface area contributed by atoms with Gasteiger partial charge >= 0.3 is 0 Å². The number of allylic oxidation sites excluding steroid dienone is 5. The van der Waals surface area contributed by atoms with E-state index < -0.39 is 0 Å². The molecule has 0 N–H and O–H groups in total. The first-order valence-electron chi connectivity index (χ1n) is 19.7. The fourth-order valence-electron chi connectivity index (χ4n) is 9.07. The predicted octanol–water partition coefficient (Wildman–Crippen LogP) is 15.4. The highest BCUT2D eigenvalue weighted by atomic mass is 15.1. The van der Waals surface area contributed by atoms with Crippen molar-refractivity contribution in [2.45, 2.75) is 20.3 Å². The monoisotopic (exact) mass is 718 g/mol. The van der Waals surface area contributed by atoms with Crippen LogP contribution in [0, 0.1) is 5.92 Å². The van der Waals surface area contributed by atoms with Crippen molar-refractivity contribution < 1.29 is 0 Å². The van der Waals surface area contributed by atoms with Crippen molar-refractivity contribution in [3.8, 4) is 5.69 Å². The Morgan fingerprint density at radius 2 is 1.21 bits per heavy atom. The van der Waals surface area contributed by atoms with Crippen LogP contribution in [0.2, 0.25) is 0 Å². The van der Waals surface area contributed by atoms with Gasteiger partial charge in [-0.2, -0.15) is 0 Å². The summed E-state index contributed by atoms with van der Waals surface area (Å²) in [4.78, 5) is 2.40. The van der Waals surface area contributed by atoms with Crippen molar-refractivity contribution >= 4 is 88.9 Å². The Morgan fingerprint density at radius 3 is 1.98 bits per heavy atom. The van der Waals surface area contributed by atoms with Gasteiger partial charge in [-0.1, -0.05) is 153 Å². The number of benzene rings is 8. The van der Waals surface area contributed by atoms with E-state index in [2.05, 4.69) is 212 Å². The molecule has 0 spiro atoms. The zero-order valence-electron chi connectivity index (χ0n) is 31.8. The molecule has 0 saturated heterocycles. The molecule has 1 aliphatic carbocycles. The van der Waals surface area contributed by atoms with Crippen LogP contribution in [0.25, 0.3) is 77.5 Å². The molecular formula is C54H42N2. The normalized spacial score (nSPS) is 14.4. The molecule has 0 saturated carbocycles. The summed E-state index contributed by atoms with van der Waals surface area (Å²) in [6.45, 7) is 8.60. The van der Waals surface area contributed by atoms with Crippen LogP contribution in [0.3, 0.4) is 0 Å². The fourth-order valence-corrected chi connectivity index (χ4v) is 9.07. The van der Waals surface area contributed by atoms with Crippen molar-refractivity contribution in [1.29, 1.82) is 0 Å². The molecular weight excluding hydrogens is 677 g/mol. The van der Waals surface area contributed by atoms with Gasteiger partial charge in [-0.3, -0.25) is 0 Å². The van der Waals surface area contributed by atoms with Crippen LogP contribution < -0.4 is 4.90 Å². The van der Waals surface area contributed by atoms with Gasteiger partial charge in [-0.05, 0) is 117 Å². The molecule has 1 unspecified atom stereocenters. The molecule has 0 bridgehead atoms. The van der Waals surface area contributed by atoms with Crippen molar-refractivity contribution in [2.75, 3.05) is 4.90 Å². The number of rotatable bonds is 7. The van der Waals surface area contributed by atoms with Crippen LogP contribution in [-0.2, 0) is 0 Å². The van der Waals surface area contributed by atoms with Crippen molar-refractivity contribution in [2.24, 2.45) is 5.92 Å². The molecule has 1 atom stereocenters. The molecule has 1 heterocycles. The largest absolute Gasteiger partial charge is 0.310 e. The van der Waals surface area contributed by atoms with E-state index in [9.17, 15) is 0 Å². The molecule has 9 aromatic rings. The van der Waals surface area contributed by atoms with Gasteiger partial charge in [0.25, 0.3) is 0 Å². The van der Waals surface area contributed by atoms with Crippen LogP contribution >= 0.6 is 0 Å². The van der Waals surface area contributed by atoms with E-state index in [4.69, 9.17) is 0 Å². The highest BCUT2D eigenvalue weighted by Crippen LogP contribution is 2.44. The summed E-state index contributed by atoms with van der Waals surface area (Å²) in [5.74, 6) is 0.526. The van der Waals surface area contributed by atoms with E-state index in [1.807, 2.05) is 6.08 Å². The van der Waals surface area contributed by atoms with Gasteiger partial charge in [0.15, 0.2) is 0 Å². The van der Waals surface area contributed by atoms with Gasteiger partial charge in [0, 0.05) is 33.2 Å². The third-order valence-electron chi connectivity index (χ3n) is 11.5. The standard InChI is InChI=1S/C54H42N2/c1-4-16-43-41(5-2)44-21-9-10-23-46(44)51-34-39(27-29-47(43)51)55(38-19-7-6-8-20-38)40-28-30-50-49-25-13-14-26-52(49)56(54(50)35-40)53-32-31-42(37-18-15-17-36(3)33-37)45-22-11-12-24-48(45)53/h4-16,18-36H,2,17H2,1,3H3/b16-4-. The van der Waals surface area contributed by atoms with E-state index in [1.54, 1.807) is 0 Å². The highest BCUT2D eigenvalue weighted by Gasteiger charge is 2.21. The number of anilines is 3. The molecule has 0 amide bonds. The Morgan fingerprint density at radius 1 is 0.571 bits per heavy atom. The molecule has 1 aliphatic rings. The maximum absolute atomic E-state index is 4.22. The molecule has 1 aromatic heterocycles. The molecule has 10 rings (SSSR count). The summed E-state index contributed by atoms with van der Waals surface area (Å²) >= 11 is 0. The third kappa shape index (κ3) is 5.40. The number of aromatic nitrogens is 1. The van der Waals surface area contributed by atoms with Gasteiger partial charge < -0.3 is 9.47 Å². The van der Waals surface area contributed by atoms with E-state index in [-0.39, 0.29) is 0 Å². The summed E-state index contributed by atoms with van der Waals surface area (Å²) in [5, 5.41) is 9.85.